The predicted octanol–water partition coefficient (Wildman–Crippen LogP) is 5.00. The lowest BCUT2D eigenvalue weighted by Crippen LogP contribution is -2.07. The molecule has 0 atom stereocenters. The molecule has 0 unspecified atom stereocenters. The molecule has 0 saturated heterocycles. The molecule has 140 valence electrons. The Labute approximate surface area is 160 Å². The van der Waals surface area contributed by atoms with Gasteiger partial charge in [-0.2, -0.15) is 0 Å². The van der Waals surface area contributed by atoms with E-state index in [4.69, 9.17) is 13.9 Å². The maximum absolute atomic E-state index is 13.8. The van der Waals surface area contributed by atoms with E-state index in [9.17, 15) is 9.18 Å². The van der Waals surface area contributed by atoms with E-state index in [2.05, 4.69) is 4.98 Å². The Morgan fingerprint density at radius 1 is 1.11 bits per heavy atom. The first-order valence-corrected chi connectivity index (χ1v) is 8.59. The highest BCUT2D eigenvalue weighted by molar-refractivity contribution is 6.04. The second kappa shape index (κ2) is 7.52. The molecule has 0 N–H and O–H groups in total. The van der Waals surface area contributed by atoms with Gasteiger partial charge in [-0.3, -0.25) is 0 Å². The summed E-state index contributed by atoms with van der Waals surface area (Å²) in [6, 6.07) is 16.9. The number of methoxy groups -OCH3 is 1. The summed E-state index contributed by atoms with van der Waals surface area (Å²) >= 11 is 0. The minimum Gasteiger partial charge on any atom is -0.494 e. The van der Waals surface area contributed by atoms with Gasteiger partial charge in [-0.05, 0) is 42.0 Å². The van der Waals surface area contributed by atoms with Gasteiger partial charge in [0.05, 0.1) is 24.5 Å². The number of fused-ring (bicyclic) bond motifs is 1. The SMILES string of the molecule is COc1ccc(COC(=O)c2cc(-c3ccco3)nc3ccccc23)cc1F. The van der Waals surface area contributed by atoms with Crippen LogP contribution in [0.2, 0.25) is 0 Å². The molecule has 4 aromatic rings. The monoisotopic (exact) mass is 377 g/mol. The first-order chi connectivity index (χ1) is 13.7. The molecule has 0 radical (unpaired) electrons. The van der Waals surface area contributed by atoms with Crippen molar-refractivity contribution in [2.75, 3.05) is 7.11 Å². The maximum atomic E-state index is 13.8. The molecule has 2 heterocycles. The summed E-state index contributed by atoms with van der Waals surface area (Å²) < 4.78 is 29.5. The number of benzene rings is 2. The summed E-state index contributed by atoms with van der Waals surface area (Å²) in [6.45, 7) is -0.0630. The zero-order chi connectivity index (χ0) is 19.5. The molecule has 6 heteroatoms. The van der Waals surface area contributed by atoms with Crippen LogP contribution in [0.5, 0.6) is 5.75 Å². The number of hydrogen-bond acceptors (Lipinski definition) is 5. The molecule has 0 amide bonds. The normalized spacial score (nSPS) is 10.8. The van der Waals surface area contributed by atoms with Crippen LogP contribution in [0.15, 0.2) is 71.3 Å². The van der Waals surface area contributed by atoms with Gasteiger partial charge in [0, 0.05) is 5.39 Å². The Morgan fingerprint density at radius 2 is 1.96 bits per heavy atom. The van der Waals surface area contributed by atoms with Gasteiger partial charge in [-0.1, -0.05) is 24.3 Å². The number of rotatable bonds is 5. The number of pyridine rings is 1. The summed E-state index contributed by atoms with van der Waals surface area (Å²) in [5.41, 5.74) is 2.08. The number of para-hydroxylation sites is 1. The highest BCUT2D eigenvalue weighted by atomic mass is 19.1. The molecule has 0 aliphatic carbocycles. The highest BCUT2D eigenvalue weighted by Gasteiger charge is 2.16. The van der Waals surface area contributed by atoms with E-state index in [0.29, 0.717) is 33.5 Å². The van der Waals surface area contributed by atoms with Crippen LogP contribution in [0.4, 0.5) is 4.39 Å². The second-order valence-electron chi connectivity index (χ2n) is 6.09. The third-order valence-electron chi connectivity index (χ3n) is 4.30. The molecular weight excluding hydrogens is 361 g/mol. The molecule has 0 saturated carbocycles. The van der Waals surface area contributed by atoms with E-state index in [1.165, 1.54) is 19.2 Å². The lowest BCUT2D eigenvalue weighted by atomic mass is 10.1. The van der Waals surface area contributed by atoms with E-state index in [1.807, 2.05) is 18.2 Å². The average molecular weight is 377 g/mol. The van der Waals surface area contributed by atoms with Crippen LogP contribution in [0.1, 0.15) is 15.9 Å². The Morgan fingerprint density at radius 3 is 2.71 bits per heavy atom. The number of aromatic nitrogens is 1. The first kappa shape index (κ1) is 17.7. The van der Waals surface area contributed by atoms with Crippen LogP contribution in [0.25, 0.3) is 22.4 Å². The summed E-state index contributed by atoms with van der Waals surface area (Å²) in [5, 5.41) is 0.670. The molecular formula is C22H16FNO4. The Kier molecular flexibility index (Phi) is 4.76. The van der Waals surface area contributed by atoms with Crippen molar-refractivity contribution >= 4 is 16.9 Å². The molecule has 0 aliphatic heterocycles. The lowest BCUT2D eigenvalue weighted by Gasteiger charge is -2.10. The Balaban J connectivity index is 1.64. The van der Waals surface area contributed by atoms with Crippen LogP contribution in [-0.2, 0) is 11.3 Å². The van der Waals surface area contributed by atoms with Gasteiger partial charge in [0.2, 0.25) is 0 Å². The van der Waals surface area contributed by atoms with E-state index in [0.717, 1.165) is 0 Å². The topological polar surface area (TPSA) is 61.6 Å². The summed E-state index contributed by atoms with van der Waals surface area (Å²) in [4.78, 5) is 17.3. The maximum Gasteiger partial charge on any atom is 0.339 e. The molecule has 0 fully saturated rings. The van der Waals surface area contributed by atoms with E-state index < -0.39 is 11.8 Å². The fourth-order valence-corrected chi connectivity index (χ4v) is 2.92. The number of carbonyl (C=O) groups excluding carboxylic acids is 1. The van der Waals surface area contributed by atoms with Crippen LogP contribution in [0, 0.1) is 5.82 Å². The summed E-state index contributed by atoms with van der Waals surface area (Å²) in [6.07, 6.45) is 1.54. The fraction of sp³-hybridized carbons (Fsp3) is 0.0909. The molecule has 2 aromatic heterocycles. The highest BCUT2D eigenvalue weighted by Crippen LogP contribution is 2.26. The number of nitrogens with zero attached hydrogens (tertiary/aromatic N) is 1. The van der Waals surface area contributed by atoms with Crippen molar-refractivity contribution in [2.24, 2.45) is 0 Å². The zero-order valence-electron chi connectivity index (χ0n) is 15.0. The largest absolute Gasteiger partial charge is 0.494 e. The number of hydrogen-bond donors (Lipinski definition) is 0. The predicted molar refractivity (Wildman–Crippen MR) is 102 cm³/mol. The third kappa shape index (κ3) is 3.44. The third-order valence-corrected chi connectivity index (χ3v) is 4.30. The quantitative estimate of drug-likeness (QED) is 0.458. The van der Waals surface area contributed by atoms with Crippen LogP contribution >= 0.6 is 0 Å². The van der Waals surface area contributed by atoms with E-state index >= 15 is 0 Å². The van der Waals surface area contributed by atoms with Crippen molar-refractivity contribution in [1.82, 2.24) is 4.98 Å². The van der Waals surface area contributed by atoms with Crippen molar-refractivity contribution < 1.29 is 23.1 Å². The van der Waals surface area contributed by atoms with Gasteiger partial charge in [-0.15, -0.1) is 0 Å². The van der Waals surface area contributed by atoms with Gasteiger partial charge in [-0.25, -0.2) is 14.2 Å². The van der Waals surface area contributed by atoms with Crippen LogP contribution in [-0.4, -0.2) is 18.1 Å². The molecule has 4 rings (SSSR count). The number of carbonyl (C=O) groups is 1. The van der Waals surface area contributed by atoms with Crippen molar-refractivity contribution in [3.8, 4) is 17.2 Å². The number of ether oxygens (including phenoxy) is 2. The van der Waals surface area contributed by atoms with Gasteiger partial charge >= 0.3 is 5.97 Å². The number of esters is 1. The van der Waals surface area contributed by atoms with E-state index in [1.54, 1.807) is 36.6 Å². The van der Waals surface area contributed by atoms with Gasteiger partial charge in [0.1, 0.15) is 12.3 Å². The Bertz CT molecular complexity index is 1140. The molecule has 0 bridgehead atoms. The van der Waals surface area contributed by atoms with E-state index in [-0.39, 0.29) is 12.4 Å². The van der Waals surface area contributed by atoms with Crippen molar-refractivity contribution in [2.45, 2.75) is 6.61 Å². The Hall–Kier alpha value is -3.67. The minimum atomic E-state index is -0.525. The van der Waals surface area contributed by atoms with Crippen molar-refractivity contribution in [1.29, 1.82) is 0 Å². The number of furan rings is 1. The molecule has 0 aliphatic rings. The second-order valence-corrected chi connectivity index (χ2v) is 6.09. The van der Waals surface area contributed by atoms with Crippen molar-refractivity contribution in [3.63, 3.8) is 0 Å². The standard InChI is InChI=1S/C22H16FNO4/c1-26-20-9-8-14(11-17(20)23)13-28-22(25)16-12-19(21-7-4-10-27-21)24-18-6-3-2-5-15(16)18/h2-12H,13H2,1H3. The van der Waals surface area contributed by atoms with Gasteiger partial charge in [0.25, 0.3) is 0 Å². The first-order valence-electron chi connectivity index (χ1n) is 8.59. The van der Waals surface area contributed by atoms with Crippen molar-refractivity contribution in [3.05, 3.63) is 83.9 Å². The van der Waals surface area contributed by atoms with Crippen LogP contribution < -0.4 is 4.74 Å². The molecule has 28 heavy (non-hydrogen) atoms. The smallest absolute Gasteiger partial charge is 0.339 e. The fourth-order valence-electron chi connectivity index (χ4n) is 2.92. The zero-order valence-corrected chi connectivity index (χ0v) is 15.0. The molecule has 5 nitrogen and oxygen atoms in total. The number of halogens is 1. The molecule has 2 aromatic carbocycles. The van der Waals surface area contributed by atoms with Gasteiger partial charge in [0.15, 0.2) is 17.3 Å². The summed E-state index contributed by atoms with van der Waals surface area (Å²) in [5.74, 6) is -0.344. The summed E-state index contributed by atoms with van der Waals surface area (Å²) in [7, 11) is 1.39. The lowest BCUT2D eigenvalue weighted by molar-refractivity contribution is 0.0474. The average Bonchev–Trinajstić information content (AvgIpc) is 3.26. The van der Waals surface area contributed by atoms with Crippen LogP contribution in [0.3, 0.4) is 0 Å². The molecule has 0 spiro atoms. The van der Waals surface area contributed by atoms with Gasteiger partial charge < -0.3 is 13.9 Å². The minimum absolute atomic E-state index is 0.0630.